The summed E-state index contributed by atoms with van der Waals surface area (Å²) in [5, 5.41) is 0. The average Bonchev–Trinajstić information content (AvgIpc) is 2.49. The van der Waals surface area contributed by atoms with Crippen LogP contribution in [-0.2, 0) is 0 Å². The third-order valence-electron chi connectivity index (χ3n) is 4.41. The van der Waals surface area contributed by atoms with Gasteiger partial charge < -0.3 is 0 Å². The molecule has 0 N–H and O–H groups in total. The molecule has 0 heteroatoms. The first-order chi connectivity index (χ1) is 5.83. The van der Waals surface area contributed by atoms with Crippen molar-refractivity contribution in [1.82, 2.24) is 0 Å². The van der Waals surface area contributed by atoms with Crippen LogP contribution >= 0.6 is 0 Å². The molecule has 70 valence electrons. The molecule has 2 rings (SSSR count). The van der Waals surface area contributed by atoms with E-state index in [1.54, 1.807) is 12.8 Å². The van der Waals surface area contributed by atoms with E-state index in [4.69, 9.17) is 0 Å². The highest BCUT2D eigenvalue weighted by atomic mass is 14.4. The molecule has 0 nitrogen and oxygen atoms in total. The van der Waals surface area contributed by atoms with E-state index in [-0.39, 0.29) is 0 Å². The highest BCUT2D eigenvalue weighted by Crippen LogP contribution is 2.49. The lowest BCUT2D eigenvalue weighted by Crippen LogP contribution is -2.26. The maximum atomic E-state index is 2.49. The van der Waals surface area contributed by atoms with E-state index in [2.05, 4.69) is 13.8 Å². The summed E-state index contributed by atoms with van der Waals surface area (Å²) >= 11 is 0. The third kappa shape index (κ3) is 1.30. The van der Waals surface area contributed by atoms with Gasteiger partial charge in [-0.15, -0.1) is 0 Å². The zero-order valence-corrected chi connectivity index (χ0v) is 8.55. The van der Waals surface area contributed by atoms with Gasteiger partial charge in [-0.25, -0.2) is 0 Å². The van der Waals surface area contributed by atoms with E-state index in [1.165, 1.54) is 25.7 Å². The van der Waals surface area contributed by atoms with Crippen LogP contribution in [0.2, 0.25) is 0 Å². The second kappa shape index (κ2) is 3.40. The fourth-order valence-corrected chi connectivity index (χ4v) is 3.83. The Hall–Kier alpha value is 0. The Balaban J connectivity index is 2.06. The van der Waals surface area contributed by atoms with Crippen LogP contribution in [0.3, 0.4) is 0 Å². The second-order valence-corrected chi connectivity index (χ2v) is 4.99. The van der Waals surface area contributed by atoms with Crippen molar-refractivity contribution in [2.45, 2.75) is 52.4 Å². The lowest BCUT2D eigenvalue weighted by molar-refractivity contribution is 0.152. The number of hydrogen-bond acceptors (Lipinski definition) is 0. The van der Waals surface area contributed by atoms with E-state index in [1.807, 2.05) is 0 Å². The summed E-state index contributed by atoms with van der Waals surface area (Å²) in [4.78, 5) is 0. The van der Waals surface area contributed by atoms with Gasteiger partial charge in [-0.2, -0.15) is 0 Å². The van der Waals surface area contributed by atoms with Crippen LogP contribution in [0.4, 0.5) is 0 Å². The molecule has 12 heavy (non-hydrogen) atoms. The molecule has 0 spiro atoms. The predicted molar refractivity (Wildman–Crippen MR) is 53.0 cm³/mol. The van der Waals surface area contributed by atoms with Gasteiger partial charge in [0, 0.05) is 0 Å². The van der Waals surface area contributed by atoms with E-state index in [0.29, 0.717) is 0 Å². The minimum atomic E-state index is 1.04. The number of rotatable bonds is 1. The van der Waals surface area contributed by atoms with Gasteiger partial charge in [-0.1, -0.05) is 39.5 Å². The number of hydrogen-bond donors (Lipinski definition) is 0. The fourth-order valence-electron chi connectivity index (χ4n) is 3.83. The molecule has 0 heterocycles. The van der Waals surface area contributed by atoms with Crippen molar-refractivity contribution in [3.63, 3.8) is 0 Å². The Morgan fingerprint density at radius 1 is 1.08 bits per heavy atom. The van der Waals surface area contributed by atoms with Crippen molar-refractivity contribution in [3.8, 4) is 0 Å². The van der Waals surface area contributed by atoms with Gasteiger partial charge in [0.05, 0.1) is 0 Å². The summed E-state index contributed by atoms with van der Waals surface area (Å²) in [5.41, 5.74) is 0. The summed E-state index contributed by atoms with van der Waals surface area (Å²) in [5.74, 6) is 4.36. The minimum Gasteiger partial charge on any atom is -0.0651 e. The first-order valence-corrected chi connectivity index (χ1v) is 5.83. The molecule has 0 aromatic rings. The highest BCUT2D eigenvalue weighted by molar-refractivity contribution is 4.89. The van der Waals surface area contributed by atoms with Crippen LogP contribution in [0.15, 0.2) is 0 Å². The van der Waals surface area contributed by atoms with E-state index in [9.17, 15) is 0 Å². The van der Waals surface area contributed by atoms with Crippen molar-refractivity contribution in [3.05, 3.63) is 0 Å². The lowest BCUT2D eigenvalue weighted by atomic mass is 9.71. The molecular formula is C12H22. The summed E-state index contributed by atoms with van der Waals surface area (Å²) in [6.45, 7) is 4.87. The summed E-state index contributed by atoms with van der Waals surface area (Å²) in [7, 11) is 0. The standard InChI is InChI=1S/C12H22/c1-3-10-7-8-11-6-4-5-9(2)12(10)11/h9-12H,3-8H2,1-2H3/t9-,10?,11?,12?/m1/s1. The molecule has 0 bridgehead atoms. The largest absolute Gasteiger partial charge is 0.0651 e. The molecule has 0 aliphatic heterocycles. The Bertz CT molecular complexity index is 144. The van der Waals surface area contributed by atoms with Crippen LogP contribution < -0.4 is 0 Å². The molecule has 2 aliphatic rings. The summed E-state index contributed by atoms with van der Waals surface area (Å²) in [6.07, 6.45) is 9.09. The van der Waals surface area contributed by atoms with Gasteiger partial charge in [-0.3, -0.25) is 0 Å². The maximum absolute atomic E-state index is 2.49. The molecule has 0 radical (unpaired) electrons. The van der Waals surface area contributed by atoms with Gasteiger partial charge in [0.2, 0.25) is 0 Å². The molecule has 0 saturated heterocycles. The van der Waals surface area contributed by atoms with E-state index >= 15 is 0 Å². The van der Waals surface area contributed by atoms with Gasteiger partial charge in [0.1, 0.15) is 0 Å². The smallest absolute Gasteiger partial charge is 0.0332 e. The van der Waals surface area contributed by atoms with Gasteiger partial charge in [0.25, 0.3) is 0 Å². The van der Waals surface area contributed by atoms with Gasteiger partial charge in [0.15, 0.2) is 0 Å². The van der Waals surface area contributed by atoms with Crippen molar-refractivity contribution < 1.29 is 0 Å². The minimum absolute atomic E-state index is 1.04. The maximum Gasteiger partial charge on any atom is -0.0332 e. The summed E-state index contributed by atoms with van der Waals surface area (Å²) < 4.78 is 0. The van der Waals surface area contributed by atoms with Crippen LogP contribution in [0.25, 0.3) is 0 Å². The quantitative estimate of drug-likeness (QED) is 0.555. The molecule has 0 amide bonds. The Kier molecular flexibility index (Phi) is 2.43. The molecule has 2 saturated carbocycles. The molecule has 2 fully saturated rings. The van der Waals surface area contributed by atoms with Crippen molar-refractivity contribution in [2.75, 3.05) is 0 Å². The van der Waals surface area contributed by atoms with Crippen molar-refractivity contribution in [2.24, 2.45) is 23.7 Å². The average molecular weight is 166 g/mol. The Morgan fingerprint density at radius 3 is 2.67 bits per heavy atom. The Labute approximate surface area is 76.7 Å². The van der Waals surface area contributed by atoms with Gasteiger partial charge >= 0.3 is 0 Å². The van der Waals surface area contributed by atoms with Crippen LogP contribution in [0.1, 0.15) is 52.4 Å². The lowest BCUT2D eigenvalue weighted by Gasteiger charge is -2.34. The summed E-state index contributed by atoms with van der Waals surface area (Å²) in [6, 6.07) is 0. The number of fused-ring (bicyclic) bond motifs is 1. The molecule has 0 aromatic heterocycles. The fraction of sp³-hybridized carbons (Fsp3) is 1.00. The first kappa shape index (κ1) is 8.59. The zero-order chi connectivity index (χ0) is 8.55. The van der Waals surface area contributed by atoms with E-state index in [0.717, 1.165) is 23.7 Å². The second-order valence-electron chi connectivity index (χ2n) is 4.99. The highest BCUT2D eigenvalue weighted by Gasteiger charge is 2.39. The molecular weight excluding hydrogens is 144 g/mol. The monoisotopic (exact) mass is 166 g/mol. The molecule has 3 unspecified atom stereocenters. The normalized spacial score (nSPS) is 47.5. The SMILES string of the molecule is CCC1CCC2CCC[C@@H](C)C12. The van der Waals surface area contributed by atoms with Crippen LogP contribution in [-0.4, -0.2) is 0 Å². The Morgan fingerprint density at radius 2 is 1.92 bits per heavy atom. The van der Waals surface area contributed by atoms with Crippen LogP contribution in [0.5, 0.6) is 0 Å². The topological polar surface area (TPSA) is 0 Å². The van der Waals surface area contributed by atoms with Crippen molar-refractivity contribution in [1.29, 1.82) is 0 Å². The van der Waals surface area contributed by atoms with E-state index < -0.39 is 0 Å². The predicted octanol–water partition coefficient (Wildman–Crippen LogP) is 3.86. The van der Waals surface area contributed by atoms with Gasteiger partial charge in [-0.05, 0) is 36.5 Å². The third-order valence-corrected chi connectivity index (χ3v) is 4.41. The molecule has 4 atom stereocenters. The molecule has 2 aliphatic carbocycles. The molecule has 0 aromatic carbocycles. The zero-order valence-electron chi connectivity index (χ0n) is 8.55. The van der Waals surface area contributed by atoms with Crippen molar-refractivity contribution >= 4 is 0 Å². The first-order valence-electron chi connectivity index (χ1n) is 5.83. The van der Waals surface area contributed by atoms with Crippen LogP contribution in [0, 0.1) is 23.7 Å².